The van der Waals surface area contributed by atoms with Crippen LogP contribution in [0.25, 0.3) is 0 Å². The third kappa shape index (κ3) is 11.0. The normalized spacial score (nSPS) is 28.2. The van der Waals surface area contributed by atoms with Crippen LogP contribution in [0.3, 0.4) is 0 Å². The van der Waals surface area contributed by atoms with E-state index in [0.29, 0.717) is 29.3 Å². The number of nitrogens with zero attached hydrogens (tertiary/aromatic N) is 1. The molecule has 428 valence electrons. The van der Waals surface area contributed by atoms with Crippen LogP contribution in [0.2, 0.25) is 36.3 Å². The summed E-state index contributed by atoms with van der Waals surface area (Å²) in [6.07, 6.45) is -9.22. The van der Waals surface area contributed by atoms with Crippen LogP contribution in [-0.2, 0) is 51.7 Å². The molecule has 11 atom stereocenters. The molecule has 0 spiro atoms. The fraction of sp³-hybridized carbons (Fsp3) is 0.559. The van der Waals surface area contributed by atoms with Gasteiger partial charge in [-0.25, -0.2) is 9.59 Å². The second-order valence-corrected chi connectivity index (χ2v) is 33.5. The van der Waals surface area contributed by atoms with Gasteiger partial charge in [0.15, 0.2) is 40.2 Å². The number of fused-ring (bicyclic) bond motifs is 5. The molecule has 2 bridgehead atoms. The zero-order chi connectivity index (χ0) is 58.4. The van der Waals surface area contributed by atoms with Crippen molar-refractivity contribution in [2.75, 3.05) is 6.61 Å². The third-order valence-electron chi connectivity index (χ3n) is 18.3. The van der Waals surface area contributed by atoms with Gasteiger partial charge in [0.25, 0.3) is 11.6 Å². The van der Waals surface area contributed by atoms with Crippen molar-refractivity contribution in [2.24, 2.45) is 16.7 Å². The van der Waals surface area contributed by atoms with Crippen LogP contribution >= 0.6 is 0 Å². The highest BCUT2D eigenvalue weighted by Gasteiger charge is 2.79. The topological polar surface area (TPSA) is 242 Å². The lowest BCUT2D eigenvalue weighted by Gasteiger charge is -2.68. The van der Waals surface area contributed by atoms with Crippen molar-refractivity contribution in [3.63, 3.8) is 0 Å². The van der Waals surface area contributed by atoms with Crippen LogP contribution in [0.15, 0.2) is 96.1 Å². The maximum absolute atomic E-state index is 16.6. The number of hydrogen-bond acceptors (Lipinski definition) is 16. The molecule has 18 nitrogen and oxygen atoms in total. The van der Waals surface area contributed by atoms with Crippen LogP contribution in [0.4, 0.5) is 5.69 Å². The number of ether oxygens (including phenoxy) is 5. The van der Waals surface area contributed by atoms with Gasteiger partial charge in [-0.05, 0) is 91.1 Å². The lowest BCUT2D eigenvalue weighted by Crippen LogP contribution is -2.82. The van der Waals surface area contributed by atoms with Gasteiger partial charge >= 0.3 is 23.9 Å². The second-order valence-electron chi connectivity index (χ2n) is 24.0. The molecule has 7 rings (SSSR count). The van der Waals surface area contributed by atoms with Gasteiger partial charge in [0.1, 0.15) is 23.9 Å². The van der Waals surface area contributed by atoms with Gasteiger partial charge < -0.3 is 43.0 Å². The Kier molecular flexibility index (Phi) is 17.3. The number of non-ortho nitro benzene ring substituents is 1. The van der Waals surface area contributed by atoms with E-state index < -0.39 is 139 Å². The molecule has 0 unspecified atom stereocenters. The number of nitro groups is 1. The number of amides is 1. The standard InChI is InChI=1S/C59H78N2O16Si2/c1-15-79(16-2,17-3)76-43-32-44-58(34-71-44,75-37(6)63)49-51(74-53(66)40-28-30-41(31-29-40)61(69)70)59(68)33-42(35(4)45(56(59,10)11)47(72-36(5)62)50(64)57(43,49)12)73-54(67)48(77-78(13,14)55(7,8)9)46(38-24-20-18-21-25-38)60-52(65)39-26-22-19-23-27-39/h18-31,42-44,46-49,51,68H,15-17,32-34H2,1-14H3,(H,60,65)/t42-,43-,44+,46-,47+,48+,49-,51-,57+,58-,59+/m0/s1. The van der Waals surface area contributed by atoms with Crippen molar-refractivity contribution in [2.45, 2.75) is 186 Å². The summed E-state index contributed by atoms with van der Waals surface area (Å²) in [6.45, 7) is 24.5. The summed E-state index contributed by atoms with van der Waals surface area (Å²) in [5.41, 5.74) is -7.22. The monoisotopic (exact) mass is 1130 g/mol. The summed E-state index contributed by atoms with van der Waals surface area (Å²) in [4.78, 5) is 100. The number of nitro benzene ring substituents is 1. The molecule has 3 fully saturated rings. The van der Waals surface area contributed by atoms with E-state index in [9.17, 15) is 29.6 Å². The maximum Gasteiger partial charge on any atom is 0.338 e. The molecule has 2 saturated carbocycles. The van der Waals surface area contributed by atoms with E-state index in [0.717, 1.165) is 19.1 Å². The van der Waals surface area contributed by atoms with Gasteiger partial charge in [0, 0.05) is 49.8 Å². The average Bonchev–Trinajstić information content (AvgIpc) is 1.47. The van der Waals surface area contributed by atoms with Gasteiger partial charge in [-0.2, -0.15) is 0 Å². The summed E-state index contributed by atoms with van der Waals surface area (Å²) in [5, 5.41) is 28.8. The van der Waals surface area contributed by atoms with Crippen LogP contribution in [-0.4, -0.2) is 117 Å². The van der Waals surface area contributed by atoms with Gasteiger partial charge in [-0.1, -0.05) is 104 Å². The minimum Gasteiger partial charge on any atom is -0.456 e. The molecule has 1 heterocycles. The first-order chi connectivity index (χ1) is 36.9. The summed E-state index contributed by atoms with van der Waals surface area (Å²) < 4.78 is 46.8. The minimum absolute atomic E-state index is 0.0235. The van der Waals surface area contributed by atoms with Crippen molar-refractivity contribution in [3.8, 4) is 0 Å². The molecule has 3 aromatic carbocycles. The fourth-order valence-corrected chi connectivity index (χ4v) is 16.5. The van der Waals surface area contributed by atoms with Gasteiger partial charge in [-0.3, -0.25) is 29.3 Å². The Labute approximate surface area is 465 Å². The fourth-order valence-electron chi connectivity index (χ4n) is 12.4. The molecular weight excluding hydrogens is 1050 g/mol. The Morgan fingerprint density at radius 2 is 1.43 bits per heavy atom. The summed E-state index contributed by atoms with van der Waals surface area (Å²) in [6, 6.07) is 22.8. The SMILES string of the molecule is CC[Si](CC)(CC)O[C@H]1C[C@H]2OC[C@@]2(OC(C)=O)[C@H]2[C@H](OC(=O)c3ccc([N+](=O)[O-])cc3)[C@]3(O)C[C@H](OC(=O)[C@H](O[Si](C)(C)C(C)(C)C)[C@@H](NC(=O)c4ccccc4)c4ccccc4)C(C)=C([C@@H](OC(C)=O)C(=O)[C@]12C)C3(C)C. The van der Waals surface area contributed by atoms with E-state index in [1.54, 1.807) is 88.4 Å². The number of benzene rings is 3. The molecule has 3 aliphatic carbocycles. The predicted molar refractivity (Wildman–Crippen MR) is 296 cm³/mol. The molecule has 3 aromatic rings. The molecule has 1 saturated heterocycles. The number of hydrogen-bond donors (Lipinski definition) is 2. The van der Waals surface area contributed by atoms with E-state index in [-0.39, 0.29) is 35.4 Å². The highest BCUT2D eigenvalue weighted by atomic mass is 28.4. The Balaban J connectivity index is 1.50. The number of carbonyl (C=O) groups is 6. The highest BCUT2D eigenvalue weighted by molar-refractivity contribution is 6.74. The first kappa shape index (κ1) is 60.7. The van der Waals surface area contributed by atoms with Gasteiger partial charge in [0.05, 0.1) is 40.6 Å². The van der Waals surface area contributed by atoms with Crippen molar-refractivity contribution < 1.29 is 71.3 Å². The van der Waals surface area contributed by atoms with Gasteiger partial charge in [-0.15, -0.1) is 0 Å². The van der Waals surface area contributed by atoms with Crippen molar-refractivity contribution in [1.29, 1.82) is 0 Å². The van der Waals surface area contributed by atoms with E-state index in [1.165, 1.54) is 19.1 Å². The third-order valence-corrected chi connectivity index (χ3v) is 27.4. The minimum atomic E-state index is -2.99. The summed E-state index contributed by atoms with van der Waals surface area (Å²) in [7, 11) is -5.71. The number of rotatable bonds is 18. The van der Waals surface area contributed by atoms with E-state index in [2.05, 4.69) is 5.32 Å². The second kappa shape index (κ2) is 22.6. The molecule has 20 heteroatoms. The molecule has 1 amide bonds. The lowest BCUT2D eigenvalue weighted by molar-refractivity contribution is -0.384. The molecule has 79 heavy (non-hydrogen) atoms. The average molecular weight is 1130 g/mol. The number of Topliss-reactive ketones (excluding diaryl/α,β-unsaturated/α-hetero) is 1. The lowest BCUT2D eigenvalue weighted by atomic mass is 9.44. The predicted octanol–water partition coefficient (Wildman–Crippen LogP) is 9.70. The first-order valence-electron chi connectivity index (χ1n) is 27.3. The quantitative estimate of drug-likeness (QED) is 0.0301. The number of carbonyl (C=O) groups excluding carboxylic acids is 6. The Hall–Kier alpha value is -5.91. The van der Waals surface area contributed by atoms with E-state index in [1.807, 2.05) is 54.6 Å². The number of nitrogens with one attached hydrogen (secondary N) is 1. The van der Waals surface area contributed by atoms with E-state index in [4.69, 9.17) is 32.5 Å². The van der Waals surface area contributed by atoms with Crippen molar-refractivity contribution in [3.05, 3.63) is 123 Å². The van der Waals surface area contributed by atoms with E-state index >= 15 is 14.4 Å². The molecule has 2 N–H and O–H groups in total. The molecule has 0 aromatic heterocycles. The highest BCUT2D eigenvalue weighted by Crippen LogP contribution is 2.65. The van der Waals surface area contributed by atoms with Crippen LogP contribution in [0.1, 0.15) is 128 Å². The Morgan fingerprint density at radius 3 is 1.94 bits per heavy atom. The molecule has 4 aliphatic rings. The largest absolute Gasteiger partial charge is 0.456 e. The molecule has 1 aliphatic heterocycles. The van der Waals surface area contributed by atoms with Crippen LogP contribution in [0, 0.1) is 26.9 Å². The Bertz CT molecular complexity index is 2840. The molecule has 0 radical (unpaired) electrons. The van der Waals surface area contributed by atoms with Crippen molar-refractivity contribution in [1.82, 2.24) is 5.32 Å². The summed E-state index contributed by atoms with van der Waals surface area (Å²) >= 11 is 0. The number of esters is 4. The van der Waals surface area contributed by atoms with Crippen LogP contribution < -0.4 is 5.32 Å². The zero-order valence-electron chi connectivity index (χ0n) is 48.0. The maximum atomic E-state index is 16.6. The Morgan fingerprint density at radius 1 is 0.848 bits per heavy atom. The van der Waals surface area contributed by atoms with Crippen molar-refractivity contribution >= 4 is 57.9 Å². The first-order valence-corrected chi connectivity index (χ1v) is 32.7. The van der Waals surface area contributed by atoms with Crippen LogP contribution in [0.5, 0.6) is 0 Å². The smallest absolute Gasteiger partial charge is 0.338 e. The number of ketones is 1. The zero-order valence-corrected chi connectivity index (χ0v) is 50.0. The number of aliphatic hydroxyl groups is 1. The summed E-state index contributed by atoms with van der Waals surface area (Å²) in [5.74, 6) is -6.37. The molecular formula is C59H78N2O16Si2. The van der Waals surface area contributed by atoms with Gasteiger partial charge in [0.2, 0.25) is 0 Å².